The molecule has 0 saturated carbocycles. The highest BCUT2D eigenvalue weighted by Gasteiger charge is 2.15. The maximum Gasteiger partial charge on any atom is 0.147 e. The van der Waals surface area contributed by atoms with Gasteiger partial charge in [0, 0.05) is 30.4 Å². The molecule has 3 aromatic rings. The van der Waals surface area contributed by atoms with Crippen LogP contribution in [-0.4, -0.2) is 14.5 Å². The van der Waals surface area contributed by atoms with Crippen molar-refractivity contribution in [1.82, 2.24) is 14.5 Å². The van der Waals surface area contributed by atoms with Gasteiger partial charge in [0.2, 0.25) is 0 Å². The molecule has 0 unspecified atom stereocenters. The number of nitrogens with zero attached hydrogens (tertiary/aromatic N) is 3. The van der Waals surface area contributed by atoms with Gasteiger partial charge in [-0.25, -0.2) is 14.4 Å². The fourth-order valence-corrected chi connectivity index (χ4v) is 2.44. The van der Waals surface area contributed by atoms with E-state index < -0.39 is 0 Å². The number of para-hydroxylation sites is 1. The normalized spacial score (nSPS) is 11.2. The Kier molecular flexibility index (Phi) is 2.75. The van der Waals surface area contributed by atoms with Crippen LogP contribution in [0.2, 0.25) is 5.02 Å². The lowest BCUT2D eigenvalue weighted by atomic mass is 10.1. The summed E-state index contributed by atoms with van der Waals surface area (Å²) in [5.41, 5.74) is 1.99. The van der Waals surface area contributed by atoms with Crippen molar-refractivity contribution >= 4 is 22.5 Å². The van der Waals surface area contributed by atoms with Crippen LogP contribution < -0.4 is 0 Å². The summed E-state index contributed by atoms with van der Waals surface area (Å²) in [4.78, 5) is 8.40. The summed E-state index contributed by atoms with van der Waals surface area (Å²) in [5.74, 6) is 0.376. The summed E-state index contributed by atoms with van der Waals surface area (Å²) in [7, 11) is 1.80. The van der Waals surface area contributed by atoms with E-state index in [1.807, 2.05) is 12.3 Å². The van der Waals surface area contributed by atoms with Crippen LogP contribution in [0.5, 0.6) is 0 Å². The fourth-order valence-electron chi connectivity index (χ4n) is 2.25. The Labute approximate surface area is 114 Å². The highest BCUT2D eigenvalue weighted by molar-refractivity contribution is 6.33. The minimum absolute atomic E-state index is 0.256. The molecule has 0 N–H and O–H groups in total. The molecule has 0 aliphatic rings. The molecular weight excluding hydrogens is 265 g/mol. The number of hydrogen-bond donors (Lipinski definition) is 0. The molecular formula is C14H11ClFN3. The van der Waals surface area contributed by atoms with Gasteiger partial charge in [-0.1, -0.05) is 23.7 Å². The van der Waals surface area contributed by atoms with E-state index in [0.717, 1.165) is 10.9 Å². The summed E-state index contributed by atoms with van der Waals surface area (Å²) >= 11 is 6.15. The van der Waals surface area contributed by atoms with Gasteiger partial charge < -0.3 is 4.57 Å². The van der Waals surface area contributed by atoms with E-state index in [-0.39, 0.29) is 5.82 Å². The number of rotatable bonds is 1. The Bertz CT molecular complexity index is 780. The third-order valence-corrected chi connectivity index (χ3v) is 3.35. The van der Waals surface area contributed by atoms with Gasteiger partial charge >= 0.3 is 0 Å². The smallest absolute Gasteiger partial charge is 0.147 e. The Morgan fingerprint density at radius 2 is 2.11 bits per heavy atom. The highest BCUT2D eigenvalue weighted by atomic mass is 35.5. The summed E-state index contributed by atoms with van der Waals surface area (Å²) in [6.07, 6.45) is 3.40. The van der Waals surface area contributed by atoms with Crippen molar-refractivity contribution in [3.63, 3.8) is 0 Å². The lowest BCUT2D eigenvalue weighted by Gasteiger charge is -2.02. The number of halogens is 2. The van der Waals surface area contributed by atoms with Gasteiger partial charge in [0.15, 0.2) is 0 Å². The van der Waals surface area contributed by atoms with Gasteiger partial charge in [-0.15, -0.1) is 0 Å². The average molecular weight is 276 g/mol. The SMILES string of the molecule is Cc1ncc(Cl)c(-c2cn(C)c3c(F)cccc23)n1. The molecule has 0 spiro atoms. The minimum atomic E-state index is -0.256. The van der Waals surface area contributed by atoms with Crippen molar-refractivity contribution < 1.29 is 4.39 Å². The molecule has 2 aromatic heterocycles. The van der Waals surface area contributed by atoms with Crippen LogP contribution in [0, 0.1) is 12.7 Å². The third kappa shape index (κ3) is 1.88. The summed E-state index contributed by atoms with van der Waals surface area (Å²) in [5, 5.41) is 1.25. The van der Waals surface area contributed by atoms with E-state index >= 15 is 0 Å². The first-order valence-electron chi connectivity index (χ1n) is 5.81. The molecule has 3 nitrogen and oxygen atoms in total. The molecule has 1 aromatic carbocycles. The van der Waals surface area contributed by atoms with Crippen molar-refractivity contribution in [3.05, 3.63) is 47.3 Å². The fraction of sp³-hybridized carbons (Fsp3) is 0.143. The summed E-state index contributed by atoms with van der Waals surface area (Å²) < 4.78 is 15.6. The predicted molar refractivity (Wildman–Crippen MR) is 73.7 cm³/mol. The molecule has 3 rings (SSSR count). The second kappa shape index (κ2) is 4.31. The van der Waals surface area contributed by atoms with Crippen LogP contribution in [0.4, 0.5) is 4.39 Å². The van der Waals surface area contributed by atoms with Crippen LogP contribution in [-0.2, 0) is 7.05 Å². The molecule has 0 radical (unpaired) electrons. The first-order valence-corrected chi connectivity index (χ1v) is 6.19. The lowest BCUT2D eigenvalue weighted by molar-refractivity contribution is 0.632. The molecule has 0 amide bonds. The Morgan fingerprint density at radius 1 is 1.32 bits per heavy atom. The van der Waals surface area contributed by atoms with E-state index in [1.165, 1.54) is 6.07 Å². The molecule has 0 bridgehead atoms. The summed E-state index contributed by atoms with van der Waals surface area (Å²) in [6, 6.07) is 4.99. The third-order valence-electron chi connectivity index (χ3n) is 3.07. The number of aryl methyl sites for hydroxylation is 2. The van der Waals surface area contributed by atoms with Gasteiger partial charge in [0.25, 0.3) is 0 Å². The largest absolute Gasteiger partial charge is 0.347 e. The van der Waals surface area contributed by atoms with Crippen LogP contribution in [0.1, 0.15) is 5.82 Å². The van der Waals surface area contributed by atoms with Gasteiger partial charge in [0.1, 0.15) is 11.6 Å². The number of benzene rings is 1. The number of hydrogen-bond acceptors (Lipinski definition) is 2. The molecule has 0 atom stereocenters. The predicted octanol–water partition coefficient (Wildman–Crippen LogP) is 3.74. The van der Waals surface area contributed by atoms with Gasteiger partial charge in [0.05, 0.1) is 16.2 Å². The molecule has 0 saturated heterocycles. The first kappa shape index (κ1) is 12.1. The Hall–Kier alpha value is -1.94. The number of fused-ring (bicyclic) bond motifs is 1. The quantitative estimate of drug-likeness (QED) is 0.677. The maximum atomic E-state index is 13.9. The van der Waals surface area contributed by atoms with Gasteiger partial charge in [-0.2, -0.15) is 0 Å². The molecule has 96 valence electrons. The van der Waals surface area contributed by atoms with E-state index in [9.17, 15) is 4.39 Å². The molecule has 19 heavy (non-hydrogen) atoms. The van der Waals surface area contributed by atoms with Gasteiger partial charge in [-0.05, 0) is 13.0 Å². The highest BCUT2D eigenvalue weighted by Crippen LogP contribution is 2.33. The van der Waals surface area contributed by atoms with Crippen molar-refractivity contribution in [2.75, 3.05) is 0 Å². The van der Waals surface area contributed by atoms with E-state index in [2.05, 4.69) is 9.97 Å². The second-order valence-electron chi connectivity index (χ2n) is 4.40. The monoisotopic (exact) mass is 275 g/mol. The zero-order valence-electron chi connectivity index (χ0n) is 10.5. The molecule has 5 heteroatoms. The van der Waals surface area contributed by atoms with Crippen LogP contribution in [0.3, 0.4) is 0 Å². The Morgan fingerprint density at radius 3 is 2.89 bits per heavy atom. The molecule has 0 aliphatic carbocycles. The van der Waals surface area contributed by atoms with Crippen molar-refractivity contribution in [2.45, 2.75) is 6.92 Å². The second-order valence-corrected chi connectivity index (χ2v) is 4.81. The zero-order valence-corrected chi connectivity index (χ0v) is 11.2. The number of aromatic nitrogens is 3. The van der Waals surface area contributed by atoms with Crippen molar-refractivity contribution in [2.24, 2.45) is 7.05 Å². The van der Waals surface area contributed by atoms with E-state index in [0.29, 0.717) is 22.1 Å². The van der Waals surface area contributed by atoms with E-state index in [1.54, 1.807) is 30.8 Å². The lowest BCUT2D eigenvalue weighted by Crippen LogP contribution is -1.91. The van der Waals surface area contributed by atoms with Crippen LogP contribution >= 0.6 is 11.6 Å². The first-order chi connectivity index (χ1) is 9.08. The van der Waals surface area contributed by atoms with Crippen LogP contribution in [0.25, 0.3) is 22.2 Å². The molecule has 0 fully saturated rings. The van der Waals surface area contributed by atoms with Crippen molar-refractivity contribution in [3.8, 4) is 11.3 Å². The average Bonchev–Trinajstić information content (AvgIpc) is 2.71. The van der Waals surface area contributed by atoms with Crippen LogP contribution in [0.15, 0.2) is 30.6 Å². The molecule has 2 heterocycles. The minimum Gasteiger partial charge on any atom is -0.347 e. The van der Waals surface area contributed by atoms with Crippen molar-refractivity contribution in [1.29, 1.82) is 0 Å². The standard InChI is InChI=1S/C14H11ClFN3/c1-8-17-6-11(15)13(18-8)10-7-19(2)14-9(10)4-3-5-12(14)16/h3-7H,1-2H3. The van der Waals surface area contributed by atoms with E-state index in [4.69, 9.17) is 11.6 Å². The topological polar surface area (TPSA) is 30.7 Å². The maximum absolute atomic E-state index is 13.9. The summed E-state index contributed by atoms with van der Waals surface area (Å²) in [6.45, 7) is 1.80. The Balaban J connectivity index is 2.38. The van der Waals surface area contributed by atoms with Gasteiger partial charge in [-0.3, -0.25) is 0 Å². The zero-order chi connectivity index (χ0) is 13.6. The molecule has 0 aliphatic heterocycles.